The van der Waals surface area contributed by atoms with Crippen LogP contribution in [0.4, 0.5) is 0 Å². The maximum atomic E-state index is 11.6. The van der Waals surface area contributed by atoms with E-state index in [1.54, 1.807) is 6.92 Å². The summed E-state index contributed by atoms with van der Waals surface area (Å²) in [6, 6.07) is 7.34. The summed E-state index contributed by atoms with van der Waals surface area (Å²) < 4.78 is 9.77. The number of nitrogens with zero attached hydrogens (tertiary/aromatic N) is 3. The third-order valence-corrected chi connectivity index (χ3v) is 2.44. The molecule has 0 atom stereocenters. The van der Waals surface area contributed by atoms with Gasteiger partial charge in [-0.05, 0) is 48.8 Å². The summed E-state index contributed by atoms with van der Waals surface area (Å²) in [5, 5.41) is 10.8. The maximum Gasteiger partial charge on any atom is 0.295 e. The second-order valence-electron chi connectivity index (χ2n) is 3.90. The number of benzene rings is 1. The largest absolute Gasteiger partial charge is 0.494 e. The molecule has 0 saturated carbocycles. The molecule has 1 aromatic carbocycles. The van der Waals surface area contributed by atoms with Gasteiger partial charge in [-0.3, -0.25) is 4.79 Å². The van der Waals surface area contributed by atoms with Crippen molar-refractivity contribution in [3.05, 3.63) is 41.2 Å². The molecule has 0 radical (unpaired) electrons. The standard InChI is InChI=1S/C13H14N4O3/c1-3-19-11-6-4-10(5-7-11)8-14-15-13(18)12-9(2)16-20-17-12/h4-8H,3H2,1-2H3,(H,15,18). The molecule has 0 saturated heterocycles. The Labute approximate surface area is 115 Å². The van der Waals surface area contributed by atoms with Crippen LogP contribution in [0.2, 0.25) is 0 Å². The summed E-state index contributed by atoms with van der Waals surface area (Å²) in [4.78, 5) is 11.6. The highest BCUT2D eigenvalue weighted by molar-refractivity contribution is 5.93. The fourth-order valence-corrected chi connectivity index (χ4v) is 1.47. The Bertz CT molecular complexity index is 604. The minimum absolute atomic E-state index is 0.119. The molecule has 7 nitrogen and oxygen atoms in total. The molecule has 2 rings (SSSR count). The molecule has 0 unspecified atom stereocenters. The number of carbonyl (C=O) groups excluding carboxylic acids is 1. The molecule has 2 aromatic rings. The summed E-state index contributed by atoms with van der Waals surface area (Å²) in [6.45, 7) is 4.17. The quantitative estimate of drug-likeness (QED) is 0.659. The van der Waals surface area contributed by atoms with Crippen molar-refractivity contribution in [3.8, 4) is 5.75 Å². The Hall–Kier alpha value is -2.70. The summed E-state index contributed by atoms with van der Waals surface area (Å²) >= 11 is 0. The molecular weight excluding hydrogens is 260 g/mol. The van der Waals surface area contributed by atoms with E-state index in [0.717, 1.165) is 11.3 Å². The van der Waals surface area contributed by atoms with Gasteiger partial charge in [-0.25, -0.2) is 10.1 Å². The Balaban J connectivity index is 1.93. The molecule has 7 heteroatoms. The Morgan fingerprint density at radius 2 is 2.15 bits per heavy atom. The summed E-state index contributed by atoms with van der Waals surface area (Å²) in [5.41, 5.74) is 3.72. The van der Waals surface area contributed by atoms with Crippen molar-refractivity contribution in [1.29, 1.82) is 0 Å². The number of hydrogen-bond acceptors (Lipinski definition) is 6. The van der Waals surface area contributed by atoms with Gasteiger partial charge < -0.3 is 4.74 Å². The second-order valence-corrected chi connectivity index (χ2v) is 3.90. The van der Waals surface area contributed by atoms with Crippen LogP contribution in [0.5, 0.6) is 5.75 Å². The van der Waals surface area contributed by atoms with Gasteiger partial charge in [-0.15, -0.1) is 0 Å². The molecule has 1 aromatic heterocycles. The van der Waals surface area contributed by atoms with E-state index in [1.165, 1.54) is 6.21 Å². The molecule has 104 valence electrons. The van der Waals surface area contributed by atoms with Gasteiger partial charge in [0.25, 0.3) is 5.91 Å². The van der Waals surface area contributed by atoms with E-state index < -0.39 is 5.91 Å². The van der Waals surface area contributed by atoms with Crippen molar-refractivity contribution in [2.75, 3.05) is 6.61 Å². The lowest BCUT2D eigenvalue weighted by atomic mass is 10.2. The highest BCUT2D eigenvalue weighted by Gasteiger charge is 2.13. The predicted molar refractivity (Wildman–Crippen MR) is 71.7 cm³/mol. The number of rotatable bonds is 5. The molecule has 0 aliphatic carbocycles. The third-order valence-electron chi connectivity index (χ3n) is 2.44. The third kappa shape index (κ3) is 3.41. The summed E-state index contributed by atoms with van der Waals surface area (Å²) in [7, 11) is 0. The maximum absolute atomic E-state index is 11.6. The predicted octanol–water partition coefficient (Wildman–Crippen LogP) is 1.54. The molecule has 0 aliphatic rings. The molecule has 0 aliphatic heterocycles. The number of hydrazone groups is 1. The second kappa shape index (κ2) is 6.46. The van der Waals surface area contributed by atoms with Crippen LogP contribution in [-0.2, 0) is 0 Å². The van der Waals surface area contributed by atoms with Gasteiger partial charge >= 0.3 is 0 Å². The van der Waals surface area contributed by atoms with Gasteiger partial charge in [-0.1, -0.05) is 5.16 Å². The van der Waals surface area contributed by atoms with Crippen molar-refractivity contribution < 1.29 is 14.2 Å². The van der Waals surface area contributed by atoms with Crippen molar-refractivity contribution in [2.45, 2.75) is 13.8 Å². The van der Waals surface area contributed by atoms with E-state index in [2.05, 4.69) is 25.5 Å². The summed E-state index contributed by atoms with van der Waals surface area (Å²) in [6.07, 6.45) is 1.52. The first kappa shape index (κ1) is 13.7. The lowest BCUT2D eigenvalue weighted by Gasteiger charge is -2.02. The van der Waals surface area contributed by atoms with Crippen molar-refractivity contribution >= 4 is 12.1 Å². The van der Waals surface area contributed by atoms with Gasteiger partial charge in [0.2, 0.25) is 0 Å². The Morgan fingerprint density at radius 3 is 2.75 bits per heavy atom. The number of amides is 1. The van der Waals surface area contributed by atoms with E-state index in [1.807, 2.05) is 31.2 Å². The molecule has 0 bridgehead atoms. The fourth-order valence-electron chi connectivity index (χ4n) is 1.47. The Morgan fingerprint density at radius 1 is 1.40 bits per heavy atom. The zero-order valence-corrected chi connectivity index (χ0v) is 11.2. The van der Waals surface area contributed by atoms with Crippen LogP contribution in [0.3, 0.4) is 0 Å². The average molecular weight is 274 g/mol. The monoisotopic (exact) mass is 274 g/mol. The molecule has 20 heavy (non-hydrogen) atoms. The van der Waals surface area contributed by atoms with E-state index in [4.69, 9.17) is 4.74 Å². The average Bonchev–Trinajstić information content (AvgIpc) is 2.87. The highest BCUT2D eigenvalue weighted by atomic mass is 16.6. The highest BCUT2D eigenvalue weighted by Crippen LogP contribution is 2.10. The van der Waals surface area contributed by atoms with E-state index in [-0.39, 0.29) is 5.69 Å². The number of nitrogens with one attached hydrogen (secondary N) is 1. The van der Waals surface area contributed by atoms with Crippen molar-refractivity contribution in [3.63, 3.8) is 0 Å². The molecule has 1 heterocycles. The van der Waals surface area contributed by atoms with Gasteiger partial charge in [-0.2, -0.15) is 5.10 Å². The van der Waals surface area contributed by atoms with Crippen LogP contribution < -0.4 is 10.2 Å². The van der Waals surface area contributed by atoms with Crippen LogP contribution in [0.25, 0.3) is 0 Å². The Kier molecular flexibility index (Phi) is 4.43. The number of aromatic nitrogens is 2. The van der Waals surface area contributed by atoms with Gasteiger partial charge in [0, 0.05) is 0 Å². The lowest BCUT2D eigenvalue weighted by Crippen LogP contribution is -2.19. The molecule has 0 fully saturated rings. The van der Waals surface area contributed by atoms with Crippen LogP contribution in [0.15, 0.2) is 34.0 Å². The topological polar surface area (TPSA) is 89.6 Å². The number of ether oxygens (including phenoxy) is 1. The lowest BCUT2D eigenvalue weighted by molar-refractivity contribution is 0.0945. The molecule has 1 N–H and O–H groups in total. The number of hydrogen-bond donors (Lipinski definition) is 1. The minimum atomic E-state index is -0.467. The first-order chi connectivity index (χ1) is 9.70. The smallest absolute Gasteiger partial charge is 0.295 e. The van der Waals surface area contributed by atoms with Crippen LogP contribution >= 0.6 is 0 Å². The molecule has 0 spiro atoms. The van der Waals surface area contributed by atoms with E-state index in [9.17, 15) is 4.79 Å². The first-order valence-corrected chi connectivity index (χ1v) is 6.06. The van der Waals surface area contributed by atoms with Crippen molar-refractivity contribution in [1.82, 2.24) is 15.7 Å². The molecule has 1 amide bonds. The van der Waals surface area contributed by atoms with Gasteiger partial charge in [0.1, 0.15) is 11.4 Å². The fraction of sp³-hybridized carbons (Fsp3) is 0.231. The minimum Gasteiger partial charge on any atom is -0.494 e. The zero-order valence-electron chi connectivity index (χ0n) is 11.2. The summed E-state index contributed by atoms with van der Waals surface area (Å²) in [5.74, 6) is 0.323. The van der Waals surface area contributed by atoms with E-state index in [0.29, 0.717) is 12.3 Å². The van der Waals surface area contributed by atoms with Gasteiger partial charge in [0.05, 0.1) is 12.8 Å². The van der Waals surface area contributed by atoms with Gasteiger partial charge in [0.15, 0.2) is 5.69 Å². The zero-order chi connectivity index (χ0) is 14.4. The normalized spacial score (nSPS) is 10.7. The SMILES string of the molecule is CCOc1ccc(C=NNC(=O)c2nonc2C)cc1. The van der Waals surface area contributed by atoms with Crippen LogP contribution in [-0.4, -0.2) is 29.0 Å². The first-order valence-electron chi connectivity index (χ1n) is 6.06. The van der Waals surface area contributed by atoms with Crippen LogP contribution in [0, 0.1) is 6.92 Å². The number of aryl methyl sites for hydroxylation is 1. The van der Waals surface area contributed by atoms with E-state index >= 15 is 0 Å². The number of carbonyl (C=O) groups is 1. The van der Waals surface area contributed by atoms with Crippen LogP contribution in [0.1, 0.15) is 28.7 Å². The van der Waals surface area contributed by atoms with Crippen molar-refractivity contribution in [2.24, 2.45) is 5.10 Å². The molecular formula is C13H14N4O3.